The highest BCUT2D eigenvalue weighted by molar-refractivity contribution is 6.13. The molecule has 0 saturated heterocycles. The van der Waals surface area contributed by atoms with Gasteiger partial charge in [-0.25, -0.2) is 9.59 Å². The predicted octanol–water partition coefficient (Wildman–Crippen LogP) is 4.44. The van der Waals surface area contributed by atoms with Crippen LogP contribution in [0, 0.1) is 13.8 Å². The minimum atomic E-state index is -0.656. The van der Waals surface area contributed by atoms with E-state index in [2.05, 4.69) is 4.74 Å². The number of carbonyl (C=O) groups excluding carboxylic acids is 4. The Kier molecular flexibility index (Phi) is 8.55. The van der Waals surface area contributed by atoms with Gasteiger partial charge in [-0.1, -0.05) is 24.3 Å². The first-order valence-electron chi connectivity index (χ1n) is 11.4. The van der Waals surface area contributed by atoms with Crippen LogP contribution in [0.25, 0.3) is 22.1 Å². The normalized spacial score (nSPS) is 11.3. The Balaban J connectivity index is 1.84. The number of methoxy groups -OCH3 is 1. The zero-order chi connectivity index (χ0) is 26.4. The Labute approximate surface area is 209 Å². The smallest absolute Gasteiger partial charge is 0.331 e. The standard InChI is InChI=1S/C28H29NO7/c1-17-7-6-8-21-20(17)9-10-22(27(21)19(3)31)28-23(16-30)18(2)24(36-28)15-29(4)13-14-35-26(33)12-11-25(32)34-5/h6-12,16H,13-15H2,1-5H3/b12-11+. The molecule has 0 saturated carbocycles. The maximum atomic E-state index is 12.7. The number of nitrogens with zero attached hydrogens (tertiary/aromatic N) is 1. The van der Waals surface area contributed by atoms with E-state index >= 15 is 0 Å². The highest BCUT2D eigenvalue weighted by Crippen LogP contribution is 2.37. The van der Waals surface area contributed by atoms with Crippen LogP contribution in [0.5, 0.6) is 0 Å². The molecule has 8 nitrogen and oxygen atoms in total. The number of Topliss-reactive ketones (excluding diaryl/α,β-unsaturated/α-hetero) is 1. The van der Waals surface area contributed by atoms with Crippen molar-refractivity contribution in [2.45, 2.75) is 27.3 Å². The second-order valence-corrected chi connectivity index (χ2v) is 8.49. The molecule has 1 aromatic heterocycles. The summed E-state index contributed by atoms with van der Waals surface area (Å²) >= 11 is 0. The molecule has 0 fully saturated rings. The van der Waals surface area contributed by atoms with Crippen molar-refractivity contribution < 1.29 is 33.1 Å². The van der Waals surface area contributed by atoms with E-state index in [4.69, 9.17) is 9.15 Å². The summed E-state index contributed by atoms with van der Waals surface area (Å²) < 4.78 is 15.7. The molecule has 2 aromatic carbocycles. The van der Waals surface area contributed by atoms with Gasteiger partial charge >= 0.3 is 11.9 Å². The summed E-state index contributed by atoms with van der Waals surface area (Å²) in [6.07, 6.45) is 2.74. The lowest BCUT2D eigenvalue weighted by molar-refractivity contribution is -0.139. The summed E-state index contributed by atoms with van der Waals surface area (Å²) in [4.78, 5) is 49.3. The molecule has 0 atom stereocenters. The SMILES string of the molecule is COC(=O)/C=C/C(=O)OCCN(C)Cc1oc(-c2ccc3c(C)cccc3c2C(C)=O)c(C=O)c1C. The van der Waals surface area contributed by atoms with Gasteiger partial charge in [0.1, 0.15) is 18.1 Å². The van der Waals surface area contributed by atoms with Crippen molar-refractivity contribution >= 4 is 34.8 Å². The number of aryl methyl sites for hydroxylation is 1. The van der Waals surface area contributed by atoms with Crippen LogP contribution in [0.2, 0.25) is 0 Å². The molecular formula is C28H29NO7. The number of ether oxygens (including phenoxy) is 2. The maximum Gasteiger partial charge on any atom is 0.331 e. The molecule has 0 aliphatic carbocycles. The average molecular weight is 492 g/mol. The number of furan rings is 1. The lowest BCUT2D eigenvalue weighted by Crippen LogP contribution is -2.23. The lowest BCUT2D eigenvalue weighted by atomic mass is 9.92. The molecule has 0 N–H and O–H groups in total. The van der Waals surface area contributed by atoms with Crippen LogP contribution in [0.1, 0.15) is 44.5 Å². The molecule has 0 bridgehead atoms. The quantitative estimate of drug-likeness (QED) is 0.178. The van der Waals surface area contributed by atoms with Crippen LogP contribution < -0.4 is 0 Å². The van der Waals surface area contributed by atoms with Gasteiger partial charge in [-0.2, -0.15) is 0 Å². The van der Waals surface area contributed by atoms with Gasteiger partial charge in [-0.05, 0) is 50.2 Å². The predicted molar refractivity (Wildman–Crippen MR) is 135 cm³/mol. The summed E-state index contributed by atoms with van der Waals surface area (Å²) in [5.41, 5.74) is 3.22. The fourth-order valence-corrected chi connectivity index (χ4v) is 4.03. The van der Waals surface area contributed by atoms with E-state index in [0.717, 1.165) is 34.8 Å². The number of ketones is 1. The number of carbonyl (C=O) groups is 4. The number of hydrogen-bond acceptors (Lipinski definition) is 8. The van der Waals surface area contributed by atoms with Gasteiger partial charge in [0.05, 0.1) is 19.2 Å². The highest BCUT2D eigenvalue weighted by Gasteiger charge is 2.24. The first-order valence-corrected chi connectivity index (χ1v) is 11.4. The number of likely N-dealkylation sites (N-methyl/N-ethyl adjacent to an activating group) is 1. The molecule has 0 radical (unpaired) electrons. The topological polar surface area (TPSA) is 103 Å². The summed E-state index contributed by atoms with van der Waals surface area (Å²) in [6.45, 7) is 6.12. The Bertz CT molecular complexity index is 1350. The first-order chi connectivity index (χ1) is 17.2. The third-order valence-electron chi connectivity index (χ3n) is 5.97. The van der Waals surface area contributed by atoms with Crippen molar-refractivity contribution in [1.82, 2.24) is 4.90 Å². The van der Waals surface area contributed by atoms with E-state index in [1.54, 1.807) is 6.92 Å². The van der Waals surface area contributed by atoms with Crippen LogP contribution in [0.15, 0.2) is 46.9 Å². The van der Waals surface area contributed by atoms with Crippen molar-refractivity contribution in [1.29, 1.82) is 0 Å². The minimum Gasteiger partial charge on any atom is -0.466 e. The number of esters is 2. The summed E-state index contributed by atoms with van der Waals surface area (Å²) in [7, 11) is 3.03. The highest BCUT2D eigenvalue weighted by atomic mass is 16.5. The third kappa shape index (κ3) is 5.78. The van der Waals surface area contributed by atoms with Gasteiger partial charge in [0.15, 0.2) is 12.1 Å². The minimum absolute atomic E-state index is 0.0898. The molecule has 0 aliphatic rings. The monoisotopic (exact) mass is 491 g/mol. The first kappa shape index (κ1) is 26.6. The van der Waals surface area contributed by atoms with Crippen LogP contribution >= 0.6 is 0 Å². The molecular weight excluding hydrogens is 462 g/mol. The fourth-order valence-electron chi connectivity index (χ4n) is 4.03. The molecule has 1 heterocycles. The number of rotatable bonds is 10. The van der Waals surface area contributed by atoms with E-state index < -0.39 is 11.9 Å². The average Bonchev–Trinajstić information content (AvgIpc) is 3.16. The van der Waals surface area contributed by atoms with Crippen molar-refractivity contribution in [3.63, 3.8) is 0 Å². The van der Waals surface area contributed by atoms with Crippen LogP contribution in [0.4, 0.5) is 0 Å². The van der Waals surface area contributed by atoms with Crippen molar-refractivity contribution in [2.24, 2.45) is 0 Å². The fraction of sp³-hybridized carbons (Fsp3) is 0.286. The number of benzene rings is 2. The Morgan fingerprint density at radius 3 is 2.42 bits per heavy atom. The zero-order valence-corrected chi connectivity index (χ0v) is 21.0. The molecule has 0 aliphatic heterocycles. The van der Waals surface area contributed by atoms with E-state index in [1.807, 2.05) is 49.2 Å². The van der Waals surface area contributed by atoms with Crippen LogP contribution in [0.3, 0.4) is 0 Å². The summed E-state index contributed by atoms with van der Waals surface area (Å²) in [6, 6.07) is 9.55. The molecule has 3 aromatic rings. The van der Waals surface area contributed by atoms with Gasteiger partial charge in [0.25, 0.3) is 0 Å². The van der Waals surface area contributed by atoms with E-state index in [9.17, 15) is 19.2 Å². The van der Waals surface area contributed by atoms with Gasteiger partial charge in [-0.3, -0.25) is 14.5 Å². The largest absolute Gasteiger partial charge is 0.466 e. The molecule has 8 heteroatoms. The summed E-state index contributed by atoms with van der Waals surface area (Å²) in [5.74, 6) is -0.483. The zero-order valence-electron chi connectivity index (χ0n) is 21.0. The molecule has 188 valence electrons. The van der Waals surface area contributed by atoms with E-state index in [-0.39, 0.29) is 12.4 Å². The molecule has 36 heavy (non-hydrogen) atoms. The van der Waals surface area contributed by atoms with Crippen molar-refractivity contribution in [3.05, 3.63) is 70.5 Å². The Morgan fingerprint density at radius 1 is 1.03 bits per heavy atom. The summed E-state index contributed by atoms with van der Waals surface area (Å²) in [5, 5.41) is 1.78. The van der Waals surface area contributed by atoms with Crippen molar-refractivity contribution in [3.8, 4) is 11.3 Å². The third-order valence-corrected chi connectivity index (χ3v) is 5.97. The second kappa shape index (κ2) is 11.6. The molecule has 0 amide bonds. The van der Waals surface area contributed by atoms with Gasteiger partial charge in [0.2, 0.25) is 0 Å². The molecule has 0 unspecified atom stereocenters. The molecule has 3 rings (SSSR count). The number of fused-ring (bicyclic) bond motifs is 1. The van der Waals surface area contributed by atoms with Crippen LogP contribution in [-0.2, 0) is 25.6 Å². The molecule has 0 spiro atoms. The number of aldehydes is 1. The Morgan fingerprint density at radius 2 is 1.75 bits per heavy atom. The second-order valence-electron chi connectivity index (χ2n) is 8.49. The maximum absolute atomic E-state index is 12.7. The van der Waals surface area contributed by atoms with E-state index in [0.29, 0.717) is 46.9 Å². The van der Waals surface area contributed by atoms with Crippen molar-refractivity contribution in [2.75, 3.05) is 27.3 Å². The van der Waals surface area contributed by atoms with E-state index in [1.165, 1.54) is 14.0 Å². The number of hydrogen-bond donors (Lipinski definition) is 0. The van der Waals surface area contributed by atoms with Crippen LogP contribution in [-0.4, -0.2) is 56.2 Å². The van der Waals surface area contributed by atoms with Gasteiger partial charge in [0, 0.05) is 35.4 Å². The van der Waals surface area contributed by atoms with Gasteiger partial charge in [-0.15, -0.1) is 0 Å². The Hall–Kier alpha value is -4.04. The van der Waals surface area contributed by atoms with Gasteiger partial charge < -0.3 is 13.9 Å². The lowest BCUT2D eigenvalue weighted by Gasteiger charge is -2.15.